The summed E-state index contributed by atoms with van der Waals surface area (Å²) in [6.07, 6.45) is -16.4. The number of amides is 1. The summed E-state index contributed by atoms with van der Waals surface area (Å²) >= 11 is 0. The van der Waals surface area contributed by atoms with Crippen LogP contribution in [0.2, 0.25) is 0 Å². The minimum Gasteiger partial charge on any atom is -0.439 e. The third-order valence-corrected chi connectivity index (χ3v) is 6.90. The first kappa shape index (κ1) is 29.7. The minimum atomic E-state index is -5.12. The molecule has 2 aliphatic heterocycles. The number of cyclic esters (lactones) is 1. The van der Waals surface area contributed by atoms with E-state index in [-0.39, 0.29) is 23.5 Å². The van der Waals surface area contributed by atoms with E-state index in [1.807, 2.05) is 0 Å². The molecule has 220 valence electrons. The Morgan fingerprint density at radius 1 is 0.950 bits per heavy atom. The van der Waals surface area contributed by atoms with Gasteiger partial charge in [0.1, 0.15) is 11.9 Å². The molecule has 0 aliphatic carbocycles. The Labute approximate surface area is 222 Å². The Balaban J connectivity index is 1.71. The van der Waals surface area contributed by atoms with Crippen molar-refractivity contribution in [2.75, 3.05) is 24.7 Å². The summed E-state index contributed by atoms with van der Waals surface area (Å²) < 4.78 is 131. The number of anilines is 1. The molecule has 0 bridgehead atoms. The number of pyridine rings is 1. The number of alkyl halides is 9. The second kappa shape index (κ2) is 10.6. The highest BCUT2D eigenvalue weighted by Gasteiger charge is 2.44. The first-order valence-corrected chi connectivity index (χ1v) is 12.2. The number of likely N-dealkylation sites (N-methyl/N-ethyl adjacent to an activating group) is 1. The van der Waals surface area contributed by atoms with Crippen molar-refractivity contribution < 1.29 is 53.8 Å². The SMILES string of the molecule is CCN(c1ncc(C(F)(F)F)cc1CN1C(=O)O[C@H](c2cc(C(F)(F)F)cc(C(F)(F)F)c2)[C@@H]1C)C1CCOC1. The fraction of sp³-hybridized carbons (Fsp3) is 0.520. The molecule has 6 nitrogen and oxygen atoms in total. The first-order valence-electron chi connectivity index (χ1n) is 12.2. The highest BCUT2D eigenvalue weighted by molar-refractivity contribution is 5.71. The highest BCUT2D eigenvalue weighted by Crippen LogP contribution is 2.42. The Bertz CT molecular complexity index is 1210. The molecule has 1 aromatic heterocycles. The van der Waals surface area contributed by atoms with Crippen molar-refractivity contribution in [3.05, 3.63) is 58.3 Å². The third-order valence-electron chi connectivity index (χ3n) is 6.90. The molecule has 2 saturated heterocycles. The number of ether oxygens (including phenoxy) is 2. The van der Waals surface area contributed by atoms with Crippen LogP contribution in [0, 0.1) is 0 Å². The maximum Gasteiger partial charge on any atom is 0.417 e. The Hall–Kier alpha value is -3.23. The zero-order valence-corrected chi connectivity index (χ0v) is 21.1. The molecule has 2 aliphatic rings. The number of hydrogen-bond donors (Lipinski definition) is 0. The van der Waals surface area contributed by atoms with E-state index in [0.29, 0.717) is 44.5 Å². The second-order valence-corrected chi connectivity index (χ2v) is 9.52. The van der Waals surface area contributed by atoms with Crippen LogP contribution < -0.4 is 4.90 Å². The minimum absolute atomic E-state index is 0.0203. The van der Waals surface area contributed by atoms with Gasteiger partial charge in [0.05, 0.1) is 41.9 Å². The number of halogens is 9. The van der Waals surface area contributed by atoms with E-state index in [2.05, 4.69) is 4.98 Å². The van der Waals surface area contributed by atoms with Crippen molar-refractivity contribution in [2.45, 2.75) is 63.5 Å². The van der Waals surface area contributed by atoms with Gasteiger partial charge in [0.15, 0.2) is 0 Å². The van der Waals surface area contributed by atoms with Crippen LogP contribution in [0.25, 0.3) is 0 Å². The van der Waals surface area contributed by atoms with Gasteiger partial charge in [-0.25, -0.2) is 9.78 Å². The molecule has 0 spiro atoms. The number of hydrogen-bond acceptors (Lipinski definition) is 5. The smallest absolute Gasteiger partial charge is 0.417 e. The van der Waals surface area contributed by atoms with E-state index in [1.165, 1.54) is 6.92 Å². The van der Waals surface area contributed by atoms with E-state index in [4.69, 9.17) is 9.47 Å². The first-order chi connectivity index (χ1) is 18.5. The van der Waals surface area contributed by atoms with Crippen LogP contribution in [0.3, 0.4) is 0 Å². The van der Waals surface area contributed by atoms with Gasteiger partial charge in [-0.2, -0.15) is 39.5 Å². The molecule has 3 heterocycles. The average molecular weight is 585 g/mol. The van der Waals surface area contributed by atoms with Crippen LogP contribution >= 0.6 is 0 Å². The van der Waals surface area contributed by atoms with Crippen molar-refractivity contribution in [2.24, 2.45) is 0 Å². The quantitative estimate of drug-likeness (QED) is 0.348. The molecular weight excluding hydrogens is 561 g/mol. The Morgan fingerprint density at radius 2 is 1.55 bits per heavy atom. The van der Waals surface area contributed by atoms with Gasteiger partial charge >= 0.3 is 24.6 Å². The van der Waals surface area contributed by atoms with Crippen molar-refractivity contribution in [3.8, 4) is 0 Å². The molecule has 2 fully saturated rings. The Kier molecular flexibility index (Phi) is 7.91. The lowest BCUT2D eigenvalue weighted by atomic mass is 9.97. The molecule has 1 unspecified atom stereocenters. The van der Waals surface area contributed by atoms with Crippen LogP contribution in [0.15, 0.2) is 30.5 Å². The Morgan fingerprint density at radius 3 is 2.05 bits per heavy atom. The van der Waals surface area contributed by atoms with Crippen LogP contribution in [-0.2, 0) is 34.5 Å². The molecule has 1 aromatic carbocycles. The topological polar surface area (TPSA) is 54.9 Å². The lowest BCUT2D eigenvalue weighted by molar-refractivity contribution is -0.143. The maximum atomic E-state index is 13.5. The zero-order chi connectivity index (χ0) is 29.6. The van der Waals surface area contributed by atoms with Gasteiger partial charge in [-0.3, -0.25) is 4.90 Å². The highest BCUT2D eigenvalue weighted by atomic mass is 19.4. The van der Waals surface area contributed by atoms with Gasteiger partial charge < -0.3 is 14.4 Å². The number of rotatable bonds is 6. The van der Waals surface area contributed by atoms with Crippen LogP contribution in [0.1, 0.15) is 54.2 Å². The monoisotopic (exact) mass is 585 g/mol. The van der Waals surface area contributed by atoms with E-state index in [1.54, 1.807) is 11.8 Å². The van der Waals surface area contributed by atoms with Gasteiger partial charge in [-0.05, 0) is 50.1 Å². The molecule has 3 atom stereocenters. The lowest BCUT2D eigenvalue weighted by Crippen LogP contribution is -2.38. The summed E-state index contributed by atoms with van der Waals surface area (Å²) in [5, 5.41) is 0. The van der Waals surface area contributed by atoms with Crippen molar-refractivity contribution in [1.29, 1.82) is 0 Å². The predicted octanol–water partition coefficient (Wildman–Crippen LogP) is 6.84. The van der Waals surface area contributed by atoms with Gasteiger partial charge in [-0.1, -0.05) is 0 Å². The third kappa shape index (κ3) is 6.08. The lowest BCUT2D eigenvalue weighted by Gasteiger charge is -2.31. The summed E-state index contributed by atoms with van der Waals surface area (Å²) in [6, 6.07) is 0.362. The van der Waals surface area contributed by atoms with Gasteiger partial charge in [0.2, 0.25) is 0 Å². The van der Waals surface area contributed by atoms with Crippen molar-refractivity contribution in [3.63, 3.8) is 0 Å². The number of benzene rings is 1. The average Bonchev–Trinajstić information content (AvgIpc) is 3.48. The molecule has 4 rings (SSSR count). The summed E-state index contributed by atoms with van der Waals surface area (Å²) in [7, 11) is 0. The largest absolute Gasteiger partial charge is 0.439 e. The van der Waals surface area contributed by atoms with Crippen molar-refractivity contribution in [1.82, 2.24) is 9.88 Å². The normalized spacial score (nSPS) is 22.1. The molecule has 15 heteroatoms. The van der Waals surface area contributed by atoms with Gasteiger partial charge in [-0.15, -0.1) is 0 Å². The molecule has 0 N–H and O–H groups in total. The molecular formula is C25H24F9N3O3. The molecule has 2 aromatic rings. The van der Waals surface area contributed by atoms with Crippen LogP contribution in [0.4, 0.5) is 50.1 Å². The second-order valence-electron chi connectivity index (χ2n) is 9.52. The number of aromatic nitrogens is 1. The summed E-state index contributed by atoms with van der Waals surface area (Å²) in [5.74, 6) is 0.146. The standard InChI is InChI=1S/C25H24F9N3O3/c1-3-36(19-4-5-39-12-19)21-15(8-18(10-35-21)25(32,33)34)11-37-13(2)20(40-22(37)38)14-6-16(23(26,27)28)9-17(7-14)24(29,30)31/h6-10,13,19-20H,3-5,11-12H2,1-2H3/t13-,19?,20-/m0/s1. The van der Waals surface area contributed by atoms with Crippen molar-refractivity contribution >= 4 is 11.9 Å². The van der Waals surface area contributed by atoms with E-state index in [9.17, 15) is 44.3 Å². The van der Waals surface area contributed by atoms with Crippen LogP contribution in [-0.4, -0.2) is 47.8 Å². The number of carbonyl (C=O) groups is 1. The van der Waals surface area contributed by atoms with E-state index >= 15 is 0 Å². The number of nitrogens with zero attached hydrogens (tertiary/aromatic N) is 3. The predicted molar refractivity (Wildman–Crippen MR) is 122 cm³/mol. The van der Waals surface area contributed by atoms with Crippen LogP contribution in [0.5, 0.6) is 0 Å². The summed E-state index contributed by atoms with van der Waals surface area (Å²) in [5.41, 5.74) is -4.82. The fourth-order valence-electron chi connectivity index (χ4n) is 4.87. The van der Waals surface area contributed by atoms with Gasteiger partial charge in [0.25, 0.3) is 0 Å². The maximum absolute atomic E-state index is 13.5. The summed E-state index contributed by atoms with van der Waals surface area (Å²) in [6.45, 7) is 3.68. The molecule has 40 heavy (non-hydrogen) atoms. The molecule has 0 radical (unpaired) electrons. The van der Waals surface area contributed by atoms with Gasteiger partial charge in [0, 0.05) is 24.9 Å². The summed E-state index contributed by atoms with van der Waals surface area (Å²) in [4.78, 5) is 19.5. The van der Waals surface area contributed by atoms with E-state index in [0.717, 1.165) is 11.0 Å². The number of carbonyl (C=O) groups excluding carboxylic acids is 1. The zero-order valence-electron chi connectivity index (χ0n) is 21.1. The fourth-order valence-corrected chi connectivity index (χ4v) is 4.87. The molecule has 1 amide bonds. The van der Waals surface area contributed by atoms with E-state index < -0.39 is 65.6 Å². The molecule has 0 saturated carbocycles.